The first-order valence-electron chi connectivity index (χ1n) is 10.3. The van der Waals surface area contributed by atoms with Gasteiger partial charge < -0.3 is 9.30 Å². The lowest BCUT2D eigenvalue weighted by molar-refractivity contribution is -0.130. The Labute approximate surface area is 185 Å². The molecular formula is C25H24N4O3. The van der Waals surface area contributed by atoms with Gasteiger partial charge in [0.15, 0.2) is 0 Å². The number of carbonyl (C=O) groups excluding carboxylic acids is 2. The molecule has 2 amide bonds. The fourth-order valence-electron chi connectivity index (χ4n) is 3.82. The Balaban J connectivity index is 1.73. The lowest BCUT2D eigenvalue weighted by Gasteiger charge is -2.15. The van der Waals surface area contributed by atoms with Crippen LogP contribution in [0.1, 0.15) is 27.5 Å². The van der Waals surface area contributed by atoms with E-state index in [9.17, 15) is 14.8 Å². The number of imidazole rings is 1. The van der Waals surface area contributed by atoms with Crippen LogP contribution in [-0.2, 0) is 11.2 Å². The van der Waals surface area contributed by atoms with Crippen molar-refractivity contribution in [1.82, 2.24) is 19.8 Å². The molecule has 162 valence electrons. The summed E-state index contributed by atoms with van der Waals surface area (Å²) < 4.78 is 1.87. The maximum absolute atomic E-state index is 12.5. The number of benzene rings is 2. The zero-order valence-electron chi connectivity index (χ0n) is 17.9. The summed E-state index contributed by atoms with van der Waals surface area (Å²) >= 11 is 0. The van der Waals surface area contributed by atoms with E-state index in [1.807, 2.05) is 65.2 Å². The minimum absolute atomic E-state index is 0.0587. The molecule has 7 nitrogen and oxygen atoms in total. The van der Waals surface area contributed by atoms with Gasteiger partial charge in [0.1, 0.15) is 5.65 Å². The van der Waals surface area contributed by atoms with Crippen molar-refractivity contribution in [2.24, 2.45) is 0 Å². The van der Waals surface area contributed by atoms with Crippen molar-refractivity contribution in [1.29, 1.82) is 0 Å². The SMILES string of the molecule is CN(C)C(=O)c1ccc(-c2cccn3c(C(Cc4ccccc4)C(=O)NO)cnc23)cc1. The molecule has 2 aromatic heterocycles. The van der Waals surface area contributed by atoms with Crippen molar-refractivity contribution in [3.63, 3.8) is 0 Å². The van der Waals surface area contributed by atoms with Crippen molar-refractivity contribution >= 4 is 17.5 Å². The number of carbonyl (C=O) groups is 2. The number of hydrogen-bond acceptors (Lipinski definition) is 4. The van der Waals surface area contributed by atoms with Gasteiger partial charge in [0.05, 0.1) is 17.8 Å². The number of hydrogen-bond donors (Lipinski definition) is 2. The highest BCUT2D eigenvalue weighted by Gasteiger charge is 2.25. The minimum Gasteiger partial charge on any atom is -0.345 e. The molecule has 4 rings (SSSR count). The average Bonchev–Trinajstić information content (AvgIpc) is 3.26. The third-order valence-electron chi connectivity index (χ3n) is 5.48. The van der Waals surface area contributed by atoms with Gasteiger partial charge in [-0.05, 0) is 41.8 Å². The summed E-state index contributed by atoms with van der Waals surface area (Å²) in [4.78, 5) is 30.8. The van der Waals surface area contributed by atoms with Crippen LogP contribution in [0.25, 0.3) is 16.8 Å². The van der Waals surface area contributed by atoms with Gasteiger partial charge in [-0.15, -0.1) is 0 Å². The molecule has 0 aliphatic heterocycles. The highest BCUT2D eigenvalue weighted by Crippen LogP contribution is 2.29. The Morgan fingerprint density at radius 2 is 1.75 bits per heavy atom. The van der Waals surface area contributed by atoms with E-state index < -0.39 is 11.8 Å². The van der Waals surface area contributed by atoms with Gasteiger partial charge in [0.2, 0.25) is 0 Å². The second-order valence-corrected chi connectivity index (χ2v) is 7.79. The maximum atomic E-state index is 12.5. The molecule has 0 fully saturated rings. The zero-order chi connectivity index (χ0) is 22.7. The lowest BCUT2D eigenvalue weighted by Crippen LogP contribution is -2.28. The maximum Gasteiger partial charge on any atom is 0.253 e. The van der Waals surface area contributed by atoms with Crippen LogP contribution in [0.15, 0.2) is 79.1 Å². The Kier molecular flexibility index (Phi) is 6.00. The van der Waals surface area contributed by atoms with E-state index in [1.54, 1.807) is 37.9 Å². The molecule has 0 radical (unpaired) electrons. The molecule has 7 heteroatoms. The standard InChI is InChI=1S/C25H24N4O3/c1-28(2)25(31)19-12-10-18(11-13-19)20-9-6-14-29-22(16-26-23(20)29)21(24(30)27-32)15-17-7-4-3-5-8-17/h3-14,16,21,32H,15H2,1-2H3,(H,27,30). The van der Waals surface area contributed by atoms with Crippen LogP contribution in [-0.4, -0.2) is 45.4 Å². The number of amides is 2. The van der Waals surface area contributed by atoms with E-state index >= 15 is 0 Å². The molecule has 0 spiro atoms. The first-order chi connectivity index (χ1) is 15.5. The number of rotatable bonds is 6. The number of aromatic nitrogens is 2. The van der Waals surface area contributed by atoms with E-state index in [1.165, 1.54) is 4.90 Å². The summed E-state index contributed by atoms with van der Waals surface area (Å²) in [6, 6.07) is 20.9. The van der Waals surface area contributed by atoms with Crippen molar-refractivity contribution < 1.29 is 14.8 Å². The molecule has 0 bridgehead atoms. The van der Waals surface area contributed by atoms with Crippen LogP contribution in [0.5, 0.6) is 0 Å². The Morgan fingerprint density at radius 1 is 1.03 bits per heavy atom. The molecule has 0 aliphatic carbocycles. The van der Waals surface area contributed by atoms with Crippen molar-refractivity contribution in [3.05, 3.63) is 95.9 Å². The van der Waals surface area contributed by atoms with E-state index in [2.05, 4.69) is 4.98 Å². The van der Waals surface area contributed by atoms with Crippen LogP contribution in [0.2, 0.25) is 0 Å². The topological polar surface area (TPSA) is 86.9 Å². The second-order valence-electron chi connectivity index (χ2n) is 7.79. The molecule has 0 saturated heterocycles. The van der Waals surface area contributed by atoms with Crippen LogP contribution in [0, 0.1) is 0 Å². The van der Waals surface area contributed by atoms with Crippen LogP contribution < -0.4 is 5.48 Å². The zero-order valence-corrected chi connectivity index (χ0v) is 17.9. The Bertz CT molecular complexity index is 1250. The first kappa shape index (κ1) is 21.3. The van der Waals surface area contributed by atoms with Crippen LogP contribution in [0.4, 0.5) is 0 Å². The van der Waals surface area contributed by atoms with Crippen molar-refractivity contribution in [2.45, 2.75) is 12.3 Å². The summed E-state index contributed by atoms with van der Waals surface area (Å²) in [6.45, 7) is 0. The summed E-state index contributed by atoms with van der Waals surface area (Å²) in [6.07, 6.45) is 3.95. The third kappa shape index (κ3) is 4.10. The third-order valence-corrected chi connectivity index (χ3v) is 5.48. The quantitative estimate of drug-likeness (QED) is 0.363. The molecule has 2 heterocycles. The molecule has 1 atom stereocenters. The molecular weight excluding hydrogens is 404 g/mol. The number of fused-ring (bicyclic) bond motifs is 1. The average molecular weight is 428 g/mol. The fraction of sp³-hybridized carbons (Fsp3) is 0.160. The van der Waals surface area contributed by atoms with Crippen LogP contribution in [0.3, 0.4) is 0 Å². The van der Waals surface area contributed by atoms with Crippen molar-refractivity contribution in [3.8, 4) is 11.1 Å². The lowest BCUT2D eigenvalue weighted by atomic mass is 9.95. The van der Waals surface area contributed by atoms with Gasteiger partial charge in [0, 0.05) is 31.4 Å². The van der Waals surface area contributed by atoms with Gasteiger partial charge in [-0.3, -0.25) is 14.8 Å². The summed E-state index contributed by atoms with van der Waals surface area (Å²) in [7, 11) is 3.44. The second kappa shape index (κ2) is 9.03. The molecule has 0 saturated carbocycles. The summed E-state index contributed by atoms with van der Waals surface area (Å²) in [5.41, 5.74) is 6.54. The molecule has 4 aromatic rings. The van der Waals surface area contributed by atoms with Gasteiger partial charge in [-0.25, -0.2) is 10.5 Å². The first-order valence-corrected chi connectivity index (χ1v) is 10.3. The highest BCUT2D eigenvalue weighted by molar-refractivity contribution is 5.94. The number of nitrogens with zero attached hydrogens (tertiary/aromatic N) is 3. The van der Waals surface area contributed by atoms with E-state index in [0.29, 0.717) is 23.3 Å². The molecule has 0 aliphatic rings. The minimum atomic E-state index is -0.618. The van der Waals surface area contributed by atoms with E-state index in [0.717, 1.165) is 16.7 Å². The number of pyridine rings is 1. The molecule has 2 N–H and O–H groups in total. The number of nitrogens with one attached hydrogen (secondary N) is 1. The van der Waals surface area contributed by atoms with Crippen molar-refractivity contribution in [2.75, 3.05) is 14.1 Å². The molecule has 2 aromatic carbocycles. The van der Waals surface area contributed by atoms with E-state index in [4.69, 9.17) is 0 Å². The van der Waals surface area contributed by atoms with Gasteiger partial charge in [-0.1, -0.05) is 42.5 Å². The monoisotopic (exact) mass is 428 g/mol. The van der Waals surface area contributed by atoms with E-state index in [-0.39, 0.29) is 5.91 Å². The normalized spacial score (nSPS) is 11.8. The Hall–Kier alpha value is -3.97. The van der Waals surface area contributed by atoms with Gasteiger partial charge in [-0.2, -0.15) is 0 Å². The predicted molar refractivity (Wildman–Crippen MR) is 121 cm³/mol. The summed E-state index contributed by atoms with van der Waals surface area (Å²) in [5, 5.41) is 9.34. The smallest absolute Gasteiger partial charge is 0.253 e. The Morgan fingerprint density at radius 3 is 2.41 bits per heavy atom. The predicted octanol–water partition coefficient (Wildman–Crippen LogP) is 3.53. The fourth-order valence-corrected chi connectivity index (χ4v) is 3.82. The van der Waals surface area contributed by atoms with Gasteiger partial charge in [0.25, 0.3) is 11.8 Å². The van der Waals surface area contributed by atoms with Gasteiger partial charge >= 0.3 is 0 Å². The van der Waals surface area contributed by atoms with Crippen LogP contribution >= 0.6 is 0 Å². The number of hydroxylamine groups is 1. The molecule has 1 unspecified atom stereocenters. The highest BCUT2D eigenvalue weighted by atomic mass is 16.5. The molecule has 32 heavy (non-hydrogen) atoms. The summed E-state index contributed by atoms with van der Waals surface area (Å²) in [5.74, 6) is -1.17. The largest absolute Gasteiger partial charge is 0.345 e.